The summed E-state index contributed by atoms with van der Waals surface area (Å²) in [7, 11) is 0. The van der Waals surface area contributed by atoms with E-state index in [1.165, 1.54) is 37.9 Å². The van der Waals surface area contributed by atoms with Crippen LogP contribution in [0, 0.1) is 0 Å². The molecule has 29 heavy (non-hydrogen) atoms. The maximum atomic E-state index is 5.76. The van der Waals surface area contributed by atoms with E-state index in [-0.39, 0.29) is 12.4 Å². The zero-order valence-corrected chi connectivity index (χ0v) is 17.7. The van der Waals surface area contributed by atoms with E-state index in [0.717, 1.165) is 43.2 Å². The highest BCUT2D eigenvalue weighted by Gasteiger charge is 2.16. The average molecular weight is 412 g/mol. The van der Waals surface area contributed by atoms with Gasteiger partial charge in [0.2, 0.25) is 5.88 Å². The number of hydrogen-bond donors (Lipinski definition) is 0. The van der Waals surface area contributed by atoms with Crippen molar-refractivity contribution < 1.29 is 4.52 Å². The van der Waals surface area contributed by atoms with E-state index in [1.807, 2.05) is 18.2 Å². The van der Waals surface area contributed by atoms with Crippen molar-refractivity contribution in [2.45, 2.75) is 32.2 Å². The van der Waals surface area contributed by atoms with Crippen molar-refractivity contribution in [2.24, 2.45) is 0 Å². The van der Waals surface area contributed by atoms with Crippen LogP contribution in [0.4, 0.5) is 5.88 Å². The van der Waals surface area contributed by atoms with Gasteiger partial charge in [0, 0.05) is 24.7 Å². The van der Waals surface area contributed by atoms with E-state index in [1.54, 1.807) is 0 Å². The van der Waals surface area contributed by atoms with Crippen LogP contribution in [-0.4, -0.2) is 36.2 Å². The Morgan fingerprint density at radius 1 is 0.897 bits per heavy atom. The predicted octanol–water partition coefficient (Wildman–Crippen LogP) is 5.65. The summed E-state index contributed by atoms with van der Waals surface area (Å²) in [5.74, 6) is 0.848. The summed E-state index contributed by atoms with van der Waals surface area (Å²) in [4.78, 5) is 4.92. The molecular formula is C24H30ClN3O. The van der Waals surface area contributed by atoms with Crippen molar-refractivity contribution in [1.29, 1.82) is 0 Å². The minimum atomic E-state index is 0. The lowest BCUT2D eigenvalue weighted by Gasteiger charge is -2.28. The third-order valence-corrected chi connectivity index (χ3v) is 5.45. The third-order valence-electron chi connectivity index (χ3n) is 5.45. The molecule has 154 valence electrons. The number of hydrogen-bond acceptors (Lipinski definition) is 4. The Labute approximate surface area is 179 Å². The highest BCUT2D eigenvalue weighted by atomic mass is 35.5. The molecule has 1 fully saturated rings. The van der Waals surface area contributed by atoms with Gasteiger partial charge < -0.3 is 14.3 Å². The monoisotopic (exact) mass is 411 g/mol. The van der Waals surface area contributed by atoms with Gasteiger partial charge in [-0.3, -0.25) is 0 Å². The molecule has 5 heteroatoms. The minimum absolute atomic E-state index is 0. The molecule has 0 amide bonds. The summed E-state index contributed by atoms with van der Waals surface area (Å²) < 4.78 is 5.76. The average Bonchev–Trinajstić information content (AvgIpc) is 3.25. The van der Waals surface area contributed by atoms with Crippen LogP contribution in [0.5, 0.6) is 0 Å². The fourth-order valence-electron chi connectivity index (χ4n) is 3.90. The molecule has 1 aliphatic rings. The Kier molecular flexibility index (Phi) is 8.14. The lowest BCUT2D eigenvalue weighted by molar-refractivity contribution is 0.226. The molecular weight excluding hydrogens is 382 g/mol. The molecule has 4 nitrogen and oxygen atoms in total. The standard InChI is InChI=1S/C24H29N3O.ClH/c1-4-11-21(12-5-1)20-27(18-10-17-26-15-8-3-9-16-26)24-19-23(25-28-24)22-13-6-2-7-14-22;/h1-2,4-7,11-14,19H,3,8-10,15-18,20H2;1H. The summed E-state index contributed by atoms with van der Waals surface area (Å²) in [6.45, 7) is 5.46. The topological polar surface area (TPSA) is 32.5 Å². The first kappa shape index (κ1) is 21.4. The lowest BCUT2D eigenvalue weighted by atomic mass is 10.1. The summed E-state index contributed by atoms with van der Waals surface area (Å²) in [6, 6.07) is 22.9. The molecule has 0 spiro atoms. The molecule has 0 N–H and O–H groups in total. The SMILES string of the molecule is Cl.c1ccc(CN(CCCN2CCCCC2)c2cc(-c3ccccc3)no2)cc1. The summed E-state index contributed by atoms with van der Waals surface area (Å²) in [5.41, 5.74) is 3.27. The molecule has 1 saturated heterocycles. The van der Waals surface area contributed by atoms with Gasteiger partial charge in [0.15, 0.2) is 0 Å². The fourth-order valence-corrected chi connectivity index (χ4v) is 3.90. The number of aromatic nitrogens is 1. The van der Waals surface area contributed by atoms with E-state index in [9.17, 15) is 0 Å². The van der Waals surface area contributed by atoms with E-state index in [0.29, 0.717) is 0 Å². The molecule has 3 aromatic rings. The molecule has 1 aromatic heterocycles. The number of piperidine rings is 1. The second-order valence-electron chi connectivity index (χ2n) is 7.58. The van der Waals surface area contributed by atoms with Crippen molar-refractivity contribution >= 4 is 18.3 Å². The maximum Gasteiger partial charge on any atom is 0.228 e. The van der Waals surface area contributed by atoms with Crippen molar-refractivity contribution in [3.63, 3.8) is 0 Å². The highest BCUT2D eigenvalue weighted by molar-refractivity contribution is 5.85. The first-order chi connectivity index (χ1) is 13.9. The number of nitrogens with zero attached hydrogens (tertiary/aromatic N) is 3. The second kappa shape index (κ2) is 11.0. The normalized spacial score (nSPS) is 14.3. The van der Waals surface area contributed by atoms with Gasteiger partial charge in [-0.1, -0.05) is 72.2 Å². The third kappa shape index (κ3) is 6.09. The molecule has 0 atom stereocenters. The lowest BCUT2D eigenvalue weighted by Crippen LogP contribution is -2.33. The van der Waals surface area contributed by atoms with Crippen molar-refractivity contribution in [2.75, 3.05) is 31.1 Å². The molecule has 4 rings (SSSR count). The number of rotatable bonds is 8. The van der Waals surface area contributed by atoms with Gasteiger partial charge in [0.1, 0.15) is 5.69 Å². The minimum Gasteiger partial charge on any atom is -0.338 e. The van der Waals surface area contributed by atoms with Crippen molar-refractivity contribution in [1.82, 2.24) is 10.1 Å². The van der Waals surface area contributed by atoms with Gasteiger partial charge >= 0.3 is 0 Å². The van der Waals surface area contributed by atoms with E-state index in [4.69, 9.17) is 4.52 Å². The Balaban J connectivity index is 0.00000240. The highest BCUT2D eigenvalue weighted by Crippen LogP contribution is 2.25. The summed E-state index contributed by atoms with van der Waals surface area (Å²) in [6.07, 6.45) is 5.21. The fraction of sp³-hybridized carbons (Fsp3) is 0.375. The Morgan fingerprint density at radius 3 is 2.31 bits per heavy atom. The predicted molar refractivity (Wildman–Crippen MR) is 122 cm³/mol. The zero-order valence-electron chi connectivity index (χ0n) is 16.9. The molecule has 1 aliphatic heterocycles. The Bertz CT molecular complexity index is 832. The van der Waals surface area contributed by atoms with Crippen LogP contribution in [0.1, 0.15) is 31.2 Å². The van der Waals surface area contributed by atoms with Gasteiger partial charge in [-0.25, -0.2) is 0 Å². The van der Waals surface area contributed by atoms with Gasteiger partial charge in [-0.2, -0.15) is 0 Å². The smallest absolute Gasteiger partial charge is 0.228 e. The van der Waals surface area contributed by atoms with Crippen LogP contribution in [0.3, 0.4) is 0 Å². The number of halogens is 1. The van der Waals surface area contributed by atoms with Gasteiger partial charge in [0.05, 0.1) is 0 Å². The summed E-state index contributed by atoms with van der Waals surface area (Å²) in [5, 5.41) is 4.32. The molecule has 2 aromatic carbocycles. The van der Waals surface area contributed by atoms with Crippen LogP contribution in [-0.2, 0) is 6.54 Å². The molecule has 0 saturated carbocycles. The Morgan fingerprint density at radius 2 is 1.59 bits per heavy atom. The van der Waals surface area contributed by atoms with Crippen LogP contribution < -0.4 is 4.90 Å². The van der Waals surface area contributed by atoms with Crippen LogP contribution >= 0.6 is 12.4 Å². The molecule has 2 heterocycles. The van der Waals surface area contributed by atoms with E-state index in [2.05, 4.69) is 63.5 Å². The largest absolute Gasteiger partial charge is 0.338 e. The number of benzene rings is 2. The van der Waals surface area contributed by atoms with Crippen LogP contribution in [0.25, 0.3) is 11.3 Å². The van der Waals surface area contributed by atoms with Crippen molar-refractivity contribution in [3.8, 4) is 11.3 Å². The quantitative estimate of drug-likeness (QED) is 0.479. The molecule has 0 bridgehead atoms. The van der Waals surface area contributed by atoms with E-state index >= 15 is 0 Å². The first-order valence-corrected chi connectivity index (χ1v) is 10.4. The van der Waals surface area contributed by atoms with Crippen LogP contribution in [0.2, 0.25) is 0 Å². The zero-order chi connectivity index (χ0) is 19.0. The second-order valence-corrected chi connectivity index (χ2v) is 7.58. The number of likely N-dealkylation sites (tertiary alicyclic amines) is 1. The van der Waals surface area contributed by atoms with Gasteiger partial charge in [-0.05, 0) is 44.5 Å². The molecule has 0 radical (unpaired) electrons. The van der Waals surface area contributed by atoms with E-state index < -0.39 is 0 Å². The summed E-state index contributed by atoms with van der Waals surface area (Å²) >= 11 is 0. The number of anilines is 1. The van der Waals surface area contributed by atoms with Gasteiger partial charge in [0.25, 0.3) is 0 Å². The van der Waals surface area contributed by atoms with Crippen LogP contribution in [0.15, 0.2) is 71.3 Å². The van der Waals surface area contributed by atoms with Crippen molar-refractivity contribution in [3.05, 3.63) is 72.3 Å². The van der Waals surface area contributed by atoms with Gasteiger partial charge in [-0.15, -0.1) is 12.4 Å². The maximum absolute atomic E-state index is 5.76. The Hall–Kier alpha value is -2.30. The molecule has 0 unspecified atom stereocenters. The first-order valence-electron chi connectivity index (χ1n) is 10.4. The molecule has 0 aliphatic carbocycles.